The molecular weight excluding hydrogens is 356 g/mol. The van der Waals surface area contributed by atoms with Crippen LogP contribution in [0.5, 0.6) is 0 Å². The molecule has 4 atom stereocenters. The zero-order valence-electron chi connectivity index (χ0n) is 17.1. The molecular formula is C23H32O5. The lowest BCUT2D eigenvalue weighted by atomic mass is 9.55. The van der Waals surface area contributed by atoms with Gasteiger partial charge in [0.1, 0.15) is 12.2 Å². The molecule has 5 aliphatic rings. The van der Waals surface area contributed by atoms with E-state index in [-0.39, 0.29) is 17.0 Å². The summed E-state index contributed by atoms with van der Waals surface area (Å²) >= 11 is 0. The van der Waals surface area contributed by atoms with Crippen LogP contribution < -0.4 is 0 Å². The SMILES string of the molecule is CO[C@]1(C(=O)CO)CC[C@H]2[C@@H]3CCC4=C(CCC5(C4)OCCO5)C3=CC[C@@]21C. The number of carbonyl (C=O) groups excluding carboxylic acids is 1. The Morgan fingerprint density at radius 2 is 2.04 bits per heavy atom. The van der Waals surface area contributed by atoms with Gasteiger partial charge in [-0.05, 0) is 61.5 Å². The molecule has 1 saturated carbocycles. The molecule has 0 bridgehead atoms. The van der Waals surface area contributed by atoms with Crippen molar-refractivity contribution in [1.29, 1.82) is 0 Å². The lowest BCUT2D eigenvalue weighted by molar-refractivity contribution is -0.165. The Morgan fingerprint density at radius 3 is 2.75 bits per heavy atom. The normalized spacial score (nSPS) is 41.5. The smallest absolute Gasteiger partial charge is 0.190 e. The molecule has 5 nitrogen and oxygen atoms in total. The molecule has 1 saturated heterocycles. The number of aliphatic hydroxyl groups excluding tert-OH is 1. The van der Waals surface area contributed by atoms with Crippen molar-refractivity contribution in [1.82, 2.24) is 0 Å². The summed E-state index contributed by atoms with van der Waals surface area (Å²) in [4.78, 5) is 12.7. The summed E-state index contributed by atoms with van der Waals surface area (Å²) < 4.78 is 17.8. The van der Waals surface area contributed by atoms with E-state index in [1.165, 1.54) is 11.1 Å². The fourth-order valence-corrected chi connectivity index (χ4v) is 7.33. The second-order valence-corrected chi connectivity index (χ2v) is 9.55. The second kappa shape index (κ2) is 6.49. The Labute approximate surface area is 167 Å². The first kappa shape index (κ1) is 19.0. The second-order valence-electron chi connectivity index (χ2n) is 9.55. The number of ketones is 1. The fraction of sp³-hybridized carbons (Fsp3) is 0.783. The maximum atomic E-state index is 12.7. The third-order valence-corrected chi connectivity index (χ3v) is 8.71. The van der Waals surface area contributed by atoms with Crippen LogP contribution in [-0.4, -0.2) is 49.2 Å². The van der Waals surface area contributed by atoms with Crippen molar-refractivity contribution in [2.75, 3.05) is 26.9 Å². The molecule has 1 spiro atoms. The van der Waals surface area contributed by atoms with Gasteiger partial charge in [-0.2, -0.15) is 0 Å². The van der Waals surface area contributed by atoms with E-state index in [2.05, 4.69) is 13.0 Å². The van der Waals surface area contributed by atoms with Gasteiger partial charge in [0.2, 0.25) is 0 Å². The van der Waals surface area contributed by atoms with E-state index >= 15 is 0 Å². The van der Waals surface area contributed by atoms with Crippen LogP contribution in [0, 0.1) is 17.3 Å². The van der Waals surface area contributed by atoms with Gasteiger partial charge in [-0.3, -0.25) is 4.79 Å². The van der Waals surface area contributed by atoms with Crippen LogP contribution in [0.3, 0.4) is 0 Å². The summed E-state index contributed by atoms with van der Waals surface area (Å²) in [6.45, 7) is 3.21. The number of rotatable bonds is 3. The number of Topliss-reactive ketones (excluding diaryl/α,β-unsaturated/α-hetero) is 1. The van der Waals surface area contributed by atoms with Crippen molar-refractivity contribution >= 4 is 5.78 Å². The number of hydrogen-bond donors (Lipinski definition) is 1. The Morgan fingerprint density at radius 1 is 1.25 bits per heavy atom. The first-order valence-electron chi connectivity index (χ1n) is 10.9. The average molecular weight is 389 g/mol. The summed E-state index contributed by atoms with van der Waals surface area (Å²) in [5, 5.41) is 9.61. The highest BCUT2D eigenvalue weighted by Crippen LogP contribution is 2.64. The molecule has 0 aromatic rings. The van der Waals surface area contributed by atoms with Crippen LogP contribution in [0.2, 0.25) is 0 Å². The van der Waals surface area contributed by atoms with Crippen LogP contribution in [-0.2, 0) is 19.0 Å². The quantitative estimate of drug-likeness (QED) is 0.804. The number of hydrogen-bond acceptors (Lipinski definition) is 5. The molecule has 0 unspecified atom stereocenters. The molecule has 5 rings (SSSR count). The lowest BCUT2D eigenvalue weighted by Gasteiger charge is -2.51. The van der Waals surface area contributed by atoms with Crippen molar-refractivity contribution in [3.63, 3.8) is 0 Å². The molecule has 0 amide bonds. The van der Waals surface area contributed by atoms with Gasteiger partial charge in [0.05, 0.1) is 13.2 Å². The molecule has 28 heavy (non-hydrogen) atoms. The minimum Gasteiger partial charge on any atom is -0.388 e. The molecule has 0 aromatic carbocycles. The number of ether oxygens (including phenoxy) is 3. The minimum absolute atomic E-state index is 0.150. The molecule has 1 aliphatic heterocycles. The summed E-state index contributed by atoms with van der Waals surface area (Å²) in [6, 6.07) is 0. The summed E-state index contributed by atoms with van der Waals surface area (Å²) in [7, 11) is 1.64. The van der Waals surface area contributed by atoms with Crippen LogP contribution in [0.1, 0.15) is 58.3 Å². The first-order valence-corrected chi connectivity index (χ1v) is 10.9. The summed E-state index contributed by atoms with van der Waals surface area (Å²) in [5.41, 5.74) is 3.53. The Balaban J connectivity index is 1.48. The van der Waals surface area contributed by atoms with Gasteiger partial charge in [0.15, 0.2) is 11.6 Å². The van der Waals surface area contributed by atoms with E-state index in [0.717, 1.165) is 51.4 Å². The van der Waals surface area contributed by atoms with E-state index in [9.17, 15) is 9.90 Å². The van der Waals surface area contributed by atoms with Gasteiger partial charge in [-0.15, -0.1) is 0 Å². The number of fused-ring (bicyclic) bond motifs is 4. The first-order chi connectivity index (χ1) is 13.5. The van der Waals surface area contributed by atoms with Gasteiger partial charge in [-0.25, -0.2) is 0 Å². The van der Waals surface area contributed by atoms with Crippen molar-refractivity contribution < 1.29 is 24.1 Å². The molecule has 0 radical (unpaired) electrons. The molecule has 5 heteroatoms. The van der Waals surface area contributed by atoms with Crippen molar-refractivity contribution in [3.8, 4) is 0 Å². The molecule has 2 fully saturated rings. The van der Waals surface area contributed by atoms with Crippen LogP contribution in [0.25, 0.3) is 0 Å². The Bertz CT molecular complexity index is 746. The van der Waals surface area contributed by atoms with E-state index in [0.29, 0.717) is 25.0 Å². The maximum Gasteiger partial charge on any atom is 0.190 e. The standard InChI is InChI=1S/C23H32O5/c1-21-8-5-17-16-6-9-22(27-11-12-28-22)13-15(16)3-4-18(17)19(21)7-10-23(21,26-2)20(25)14-24/h5,18-19,24H,3-4,6-14H2,1-2H3/t18-,19+,21+,23+/m1/s1. The monoisotopic (exact) mass is 388 g/mol. The lowest BCUT2D eigenvalue weighted by Crippen LogP contribution is -2.55. The predicted octanol–water partition coefficient (Wildman–Crippen LogP) is 3.31. The van der Waals surface area contributed by atoms with E-state index in [1.807, 2.05) is 0 Å². The fourth-order valence-electron chi connectivity index (χ4n) is 7.33. The molecule has 1 N–H and O–H groups in total. The third kappa shape index (κ3) is 2.36. The highest BCUT2D eigenvalue weighted by molar-refractivity contribution is 5.90. The number of aliphatic hydroxyl groups is 1. The number of carbonyl (C=O) groups is 1. The van der Waals surface area contributed by atoms with Crippen LogP contribution in [0.15, 0.2) is 22.8 Å². The topological polar surface area (TPSA) is 65.0 Å². The zero-order valence-corrected chi connectivity index (χ0v) is 17.1. The average Bonchev–Trinajstić information content (AvgIpc) is 3.29. The Kier molecular flexibility index (Phi) is 4.40. The van der Waals surface area contributed by atoms with Crippen molar-refractivity contribution in [3.05, 3.63) is 22.8 Å². The van der Waals surface area contributed by atoms with Gasteiger partial charge < -0.3 is 19.3 Å². The summed E-state index contributed by atoms with van der Waals surface area (Å²) in [6.07, 6.45) is 10.1. The highest BCUT2D eigenvalue weighted by Gasteiger charge is 2.64. The largest absolute Gasteiger partial charge is 0.388 e. The van der Waals surface area contributed by atoms with Crippen molar-refractivity contribution in [2.24, 2.45) is 17.3 Å². The maximum absolute atomic E-state index is 12.7. The van der Waals surface area contributed by atoms with Crippen molar-refractivity contribution in [2.45, 2.75) is 69.7 Å². The van der Waals surface area contributed by atoms with E-state index in [4.69, 9.17) is 14.2 Å². The van der Waals surface area contributed by atoms with E-state index < -0.39 is 12.2 Å². The van der Waals surface area contributed by atoms with Gasteiger partial charge >= 0.3 is 0 Å². The van der Waals surface area contributed by atoms with Gasteiger partial charge in [0.25, 0.3) is 0 Å². The zero-order chi connectivity index (χ0) is 19.6. The highest BCUT2D eigenvalue weighted by atomic mass is 16.7. The molecule has 154 valence electrons. The molecule has 4 aliphatic carbocycles. The van der Waals surface area contributed by atoms with Gasteiger partial charge in [-0.1, -0.05) is 18.6 Å². The number of methoxy groups -OCH3 is 1. The van der Waals surface area contributed by atoms with Gasteiger partial charge in [0, 0.05) is 25.4 Å². The molecule has 1 heterocycles. The third-order valence-electron chi connectivity index (χ3n) is 8.71. The van der Waals surface area contributed by atoms with Crippen LogP contribution in [0.4, 0.5) is 0 Å². The number of allylic oxidation sites excluding steroid dienone is 3. The Hall–Kier alpha value is -1.01. The predicted molar refractivity (Wildman–Crippen MR) is 104 cm³/mol. The van der Waals surface area contributed by atoms with E-state index in [1.54, 1.807) is 12.7 Å². The molecule has 0 aromatic heterocycles. The van der Waals surface area contributed by atoms with Crippen LogP contribution >= 0.6 is 0 Å². The summed E-state index contributed by atoms with van der Waals surface area (Å²) in [5.74, 6) is 0.427. The minimum atomic E-state index is -0.842.